The van der Waals surface area contributed by atoms with Crippen molar-refractivity contribution in [2.75, 3.05) is 9.80 Å². The lowest BCUT2D eigenvalue weighted by molar-refractivity contribution is 0.631. The maximum absolute atomic E-state index is 16.5. The van der Waals surface area contributed by atoms with Gasteiger partial charge in [-0.2, -0.15) is 10.5 Å². The van der Waals surface area contributed by atoms with Crippen LogP contribution in [-0.4, -0.2) is 0 Å². The molecule has 0 saturated heterocycles. The molecule has 0 saturated carbocycles. The van der Waals surface area contributed by atoms with E-state index >= 15 is 8.78 Å². The molecule has 0 spiro atoms. The Morgan fingerprint density at radius 3 is 1.42 bits per heavy atom. The van der Waals surface area contributed by atoms with Crippen molar-refractivity contribution in [3.05, 3.63) is 264 Å². The molecule has 0 aliphatic heterocycles. The minimum Gasteiger partial charge on any atom is -0.310 e. The van der Waals surface area contributed by atoms with Gasteiger partial charge < -0.3 is 9.80 Å². The summed E-state index contributed by atoms with van der Waals surface area (Å²) in [5.74, 6) is -0.651. The fourth-order valence-corrected chi connectivity index (χ4v) is 12.5. The Bertz CT molecular complexity index is 4710. The monoisotopic (exact) mass is 990 g/mol. The fourth-order valence-electron chi connectivity index (χ4n) is 12.5. The van der Waals surface area contributed by atoms with E-state index in [0.29, 0.717) is 22.3 Å². The molecule has 77 heavy (non-hydrogen) atoms. The lowest BCUT2D eigenvalue weighted by Crippen LogP contribution is -2.24. The largest absolute Gasteiger partial charge is 0.310 e. The number of nitriles is 2. The number of hydrogen-bond donors (Lipinski definition) is 0. The van der Waals surface area contributed by atoms with E-state index in [2.05, 4.69) is 96.4 Å². The molecule has 1 aliphatic rings. The van der Waals surface area contributed by atoms with Gasteiger partial charge in [0.05, 0.1) is 34.6 Å². The van der Waals surface area contributed by atoms with Crippen LogP contribution in [0.25, 0.3) is 86.9 Å². The van der Waals surface area contributed by atoms with Crippen LogP contribution in [0.15, 0.2) is 231 Å². The number of rotatable bonds is 8. The molecule has 0 aromatic heterocycles. The van der Waals surface area contributed by atoms with Crippen LogP contribution < -0.4 is 9.80 Å². The van der Waals surface area contributed by atoms with E-state index in [4.69, 9.17) is 0 Å². The highest BCUT2D eigenvalue weighted by Crippen LogP contribution is 2.57. The van der Waals surface area contributed by atoms with Crippen molar-refractivity contribution in [3.63, 3.8) is 0 Å². The van der Waals surface area contributed by atoms with Gasteiger partial charge in [0.15, 0.2) is 0 Å². The van der Waals surface area contributed by atoms with Crippen LogP contribution in [0.2, 0.25) is 0 Å². The molecule has 13 aromatic carbocycles. The van der Waals surface area contributed by atoms with Crippen LogP contribution in [0.4, 0.5) is 42.9 Å². The van der Waals surface area contributed by atoms with Crippen molar-refractivity contribution >= 4 is 98.8 Å². The number of benzene rings is 13. The molecule has 0 atom stereocenters. The molecule has 0 heterocycles. The standard InChI is InChI=1S/C71H44F2N4/c1-71(2)62-35-38-65(76(48-27-21-43(41-74)22-28-48)50-31-36-63(72)60(39-50)54-19-9-13-45-11-3-5-15-52(45)54)58-33-25-47-26-34-59-68(66(47)67(58)62)69(71)56-17-7-8-18-57(56)70(59)77(49-29-23-44(42-75)24-30-49)51-32-37-64(73)61(40-51)55-20-10-14-46-12-4-6-16-53(46)55/h3-40H,1-2H3. The third kappa shape index (κ3) is 7.00. The van der Waals surface area contributed by atoms with Gasteiger partial charge in [-0.05, 0) is 162 Å². The van der Waals surface area contributed by atoms with E-state index in [1.807, 2.05) is 158 Å². The van der Waals surface area contributed by atoms with Gasteiger partial charge in [0, 0.05) is 55.5 Å². The Labute approximate surface area is 443 Å². The molecule has 6 heteroatoms. The van der Waals surface area contributed by atoms with E-state index in [0.717, 1.165) is 110 Å². The van der Waals surface area contributed by atoms with Crippen LogP contribution >= 0.6 is 0 Å². The highest BCUT2D eigenvalue weighted by atomic mass is 19.1. The summed E-state index contributed by atoms with van der Waals surface area (Å²) in [6.07, 6.45) is 0. The lowest BCUT2D eigenvalue weighted by atomic mass is 9.67. The SMILES string of the molecule is CC1(C)c2ccc(N(c3ccc(C#N)cc3)c3ccc(F)c(-c4cccc5ccccc45)c3)c3ccc4ccc5c(N(c6ccc(C#N)cc6)c6ccc(F)c(-c7cccc8ccccc78)c6)c6ccccc6c1c5c4c23. The van der Waals surface area contributed by atoms with Gasteiger partial charge in [-0.3, -0.25) is 0 Å². The Balaban J connectivity index is 1.06. The molecule has 362 valence electrons. The zero-order chi connectivity index (χ0) is 52.1. The first kappa shape index (κ1) is 45.5. The van der Waals surface area contributed by atoms with Crippen LogP contribution in [0.3, 0.4) is 0 Å². The number of hydrogen-bond acceptors (Lipinski definition) is 4. The second-order valence-electron chi connectivity index (χ2n) is 20.5. The fraction of sp³-hybridized carbons (Fsp3) is 0.0423. The van der Waals surface area contributed by atoms with Gasteiger partial charge in [0.1, 0.15) is 11.6 Å². The van der Waals surface area contributed by atoms with E-state index in [1.54, 1.807) is 12.1 Å². The molecule has 4 nitrogen and oxygen atoms in total. The predicted octanol–water partition coefficient (Wildman–Crippen LogP) is 19.5. The van der Waals surface area contributed by atoms with Crippen LogP contribution in [0.5, 0.6) is 0 Å². The maximum atomic E-state index is 16.5. The van der Waals surface area contributed by atoms with Gasteiger partial charge in [-0.25, -0.2) is 8.78 Å². The Morgan fingerprint density at radius 1 is 0.364 bits per heavy atom. The highest BCUT2D eigenvalue weighted by Gasteiger charge is 2.37. The van der Waals surface area contributed by atoms with Crippen molar-refractivity contribution in [1.29, 1.82) is 10.5 Å². The van der Waals surface area contributed by atoms with Crippen molar-refractivity contribution in [1.82, 2.24) is 0 Å². The van der Waals surface area contributed by atoms with Gasteiger partial charge in [0.25, 0.3) is 0 Å². The molecule has 1 aliphatic carbocycles. The van der Waals surface area contributed by atoms with Crippen LogP contribution in [0.1, 0.15) is 36.1 Å². The van der Waals surface area contributed by atoms with Crippen molar-refractivity contribution in [2.45, 2.75) is 19.3 Å². The molecule has 13 aromatic rings. The number of halogens is 2. The Hall–Kier alpha value is -10.1. The smallest absolute Gasteiger partial charge is 0.131 e. The Kier molecular flexibility index (Phi) is 10.3. The van der Waals surface area contributed by atoms with Gasteiger partial charge in [-0.1, -0.05) is 153 Å². The van der Waals surface area contributed by atoms with Gasteiger partial charge in [0.2, 0.25) is 0 Å². The summed E-state index contributed by atoms with van der Waals surface area (Å²) in [5, 5.41) is 32.5. The zero-order valence-electron chi connectivity index (χ0n) is 42.0. The molecule has 0 bridgehead atoms. The van der Waals surface area contributed by atoms with E-state index in [1.165, 1.54) is 11.1 Å². The molecular weight excluding hydrogens is 947 g/mol. The first-order valence-corrected chi connectivity index (χ1v) is 25.7. The lowest BCUT2D eigenvalue weighted by Gasteiger charge is -2.38. The average molecular weight is 991 g/mol. The molecule has 0 unspecified atom stereocenters. The quantitative estimate of drug-likeness (QED) is 0.112. The average Bonchev–Trinajstić information content (AvgIpc) is 3.62. The minimum absolute atomic E-state index is 0.324. The van der Waals surface area contributed by atoms with Crippen LogP contribution in [0, 0.1) is 34.3 Å². The number of anilines is 6. The second-order valence-corrected chi connectivity index (χ2v) is 20.5. The first-order valence-electron chi connectivity index (χ1n) is 25.7. The summed E-state index contributed by atoms with van der Waals surface area (Å²) in [4.78, 5) is 4.42. The van der Waals surface area contributed by atoms with Crippen molar-refractivity contribution in [3.8, 4) is 34.4 Å². The van der Waals surface area contributed by atoms with Gasteiger partial charge in [-0.15, -0.1) is 0 Å². The molecular formula is C71H44F2N4. The van der Waals surface area contributed by atoms with Crippen molar-refractivity contribution < 1.29 is 8.78 Å². The van der Waals surface area contributed by atoms with E-state index in [9.17, 15) is 10.5 Å². The minimum atomic E-state index is -0.525. The number of fused-ring (bicyclic) bond motifs is 4. The highest BCUT2D eigenvalue weighted by molar-refractivity contribution is 6.32. The number of nitrogens with zero attached hydrogens (tertiary/aromatic N) is 4. The third-order valence-electron chi connectivity index (χ3n) is 15.9. The van der Waals surface area contributed by atoms with Gasteiger partial charge >= 0.3 is 0 Å². The molecule has 0 N–H and O–H groups in total. The zero-order valence-corrected chi connectivity index (χ0v) is 42.0. The maximum Gasteiger partial charge on any atom is 0.131 e. The van der Waals surface area contributed by atoms with Crippen LogP contribution in [-0.2, 0) is 5.41 Å². The van der Waals surface area contributed by atoms with E-state index < -0.39 is 5.41 Å². The first-order chi connectivity index (χ1) is 37.7. The summed E-state index contributed by atoms with van der Waals surface area (Å²) in [7, 11) is 0. The molecule has 0 amide bonds. The molecule has 14 rings (SSSR count). The third-order valence-corrected chi connectivity index (χ3v) is 15.9. The normalized spacial score (nSPS) is 12.5. The summed E-state index contributed by atoms with van der Waals surface area (Å²) < 4.78 is 33.0. The summed E-state index contributed by atoms with van der Waals surface area (Å²) in [5.41, 5.74) is 10.5. The summed E-state index contributed by atoms with van der Waals surface area (Å²) in [6.45, 7) is 4.64. The summed E-state index contributed by atoms with van der Waals surface area (Å²) >= 11 is 0. The summed E-state index contributed by atoms with van der Waals surface area (Å²) in [6, 6.07) is 80.6. The second kappa shape index (κ2) is 17.5. The predicted molar refractivity (Wildman–Crippen MR) is 313 cm³/mol. The van der Waals surface area contributed by atoms with Crippen molar-refractivity contribution in [2.24, 2.45) is 0 Å². The topological polar surface area (TPSA) is 54.1 Å². The molecule has 0 fully saturated rings. The van der Waals surface area contributed by atoms with E-state index in [-0.39, 0.29) is 11.6 Å². The Morgan fingerprint density at radius 2 is 0.844 bits per heavy atom. The molecule has 0 radical (unpaired) electrons.